The lowest BCUT2D eigenvalue weighted by molar-refractivity contribution is 0.391. The van der Waals surface area contributed by atoms with Crippen LogP contribution in [0.1, 0.15) is 5.56 Å². The van der Waals surface area contributed by atoms with E-state index < -0.39 is 0 Å². The first-order valence-electron chi connectivity index (χ1n) is 6.10. The van der Waals surface area contributed by atoms with Gasteiger partial charge in [-0.25, -0.2) is 4.98 Å². The number of pyridine rings is 1. The van der Waals surface area contributed by atoms with Crippen LogP contribution in [0.25, 0.3) is 10.9 Å². The Morgan fingerprint density at radius 1 is 1.26 bits per heavy atom. The number of hydrogen-bond acceptors (Lipinski definition) is 3. The number of rotatable bonds is 3. The van der Waals surface area contributed by atoms with E-state index in [1.807, 2.05) is 30.3 Å². The van der Waals surface area contributed by atoms with Crippen molar-refractivity contribution in [1.29, 1.82) is 0 Å². The monoisotopic (exact) mass is 253 g/mol. The molecule has 0 amide bonds. The summed E-state index contributed by atoms with van der Waals surface area (Å²) >= 11 is 0. The molecular formula is C15H15N3O. The third-order valence-corrected chi connectivity index (χ3v) is 3.18. The highest BCUT2D eigenvalue weighted by Gasteiger charge is 2.06. The maximum absolute atomic E-state index is 5.85. The molecule has 19 heavy (non-hydrogen) atoms. The predicted molar refractivity (Wildman–Crippen MR) is 76.2 cm³/mol. The van der Waals surface area contributed by atoms with Crippen LogP contribution in [-0.2, 0) is 6.54 Å². The molecule has 2 N–H and O–H groups in total. The van der Waals surface area contributed by atoms with Crippen molar-refractivity contribution in [3.05, 3.63) is 54.4 Å². The van der Waals surface area contributed by atoms with Crippen LogP contribution in [-0.4, -0.2) is 16.7 Å². The zero-order valence-corrected chi connectivity index (χ0v) is 10.7. The second kappa shape index (κ2) is 4.65. The SMILES string of the molecule is COc1ncccc1Cn1ccc2ccc(N)cc21. The summed E-state index contributed by atoms with van der Waals surface area (Å²) in [6, 6.07) is 11.9. The number of nitrogens with zero attached hydrogens (tertiary/aromatic N) is 2. The lowest BCUT2D eigenvalue weighted by Crippen LogP contribution is -2.01. The molecule has 4 heteroatoms. The van der Waals surface area contributed by atoms with Crippen LogP contribution >= 0.6 is 0 Å². The Morgan fingerprint density at radius 2 is 2.16 bits per heavy atom. The maximum atomic E-state index is 5.85. The molecule has 0 saturated heterocycles. The Balaban J connectivity index is 2.03. The average Bonchev–Trinajstić information content (AvgIpc) is 2.82. The molecule has 0 spiro atoms. The third-order valence-electron chi connectivity index (χ3n) is 3.18. The minimum absolute atomic E-state index is 0.660. The van der Waals surface area contributed by atoms with E-state index in [0.29, 0.717) is 12.4 Å². The van der Waals surface area contributed by atoms with Crippen molar-refractivity contribution >= 4 is 16.6 Å². The molecule has 0 bridgehead atoms. The molecule has 3 aromatic rings. The van der Waals surface area contributed by atoms with Crippen molar-refractivity contribution in [2.24, 2.45) is 0 Å². The summed E-state index contributed by atoms with van der Waals surface area (Å²) in [5.74, 6) is 0.660. The van der Waals surface area contributed by atoms with Gasteiger partial charge in [0.2, 0.25) is 5.88 Å². The summed E-state index contributed by atoms with van der Waals surface area (Å²) in [7, 11) is 1.64. The van der Waals surface area contributed by atoms with E-state index in [-0.39, 0.29) is 0 Å². The first kappa shape index (κ1) is 11.6. The van der Waals surface area contributed by atoms with Gasteiger partial charge in [-0.1, -0.05) is 12.1 Å². The molecule has 1 aromatic carbocycles. The van der Waals surface area contributed by atoms with Crippen molar-refractivity contribution in [2.45, 2.75) is 6.54 Å². The number of benzene rings is 1. The molecule has 0 unspecified atom stereocenters. The fourth-order valence-corrected chi connectivity index (χ4v) is 2.25. The van der Waals surface area contributed by atoms with Gasteiger partial charge in [-0.05, 0) is 29.7 Å². The van der Waals surface area contributed by atoms with Crippen LogP contribution in [0.2, 0.25) is 0 Å². The highest BCUT2D eigenvalue weighted by molar-refractivity contribution is 5.83. The van der Waals surface area contributed by atoms with Crippen molar-refractivity contribution in [2.75, 3.05) is 12.8 Å². The minimum atomic E-state index is 0.660. The number of methoxy groups -OCH3 is 1. The number of hydrogen-bond donors (Lipinski definition) is 1. The van der Waals surface area contributed by atoms with E-state index in [2.05, 4.69) is 21.8 Å². The van der Waals surface area contributed by atoms with E-state index in [0.717, 1.165) is 16.8 Å². The molecule has 4 nitrogen and oxygen atoms in total. The standard InChI is InChI=1S/C15H15N3O/c1-19-15-12(3-2-7-17-15)10-18-8-6-11-4-5-13(16)9-14(11)18/h2-9H,10,16H2,1H3. The number of nitrogens with two attached hydrogens (primary N) is 1. The van der Waals surface area contributed by atoms with Gasteiger partial charge in [0.05, 0.1) is 19.2 Å². The van der Waals surface area contributed by atoms with Crippen LogP contribution in [0, 0.1) is 0 Å². The number of nitrogen functional groups attached to an aromatic ring is 1. The largest absolute Gasteiger partial charge is 0.481 e. The van der Waals surface area contributed by atoms with Gasteiger partial charge in [0, 0.05) is 23.6 Å². The maximum Gasteiger partial charge on any atom is 0.218 e. The Bertz CT molecular complexity index is 718. The van der Waals surface area contributed by atoms with E-state index >= 15 is 0 Å². The van der Waals surface area contributed by atoms with Gasteiger partial charge in [-0.15, -0.1) is 0 Å². The topological polar surface area (TPSA) is 53.1 Å². The summed E-state index contributed by atoms with van der Waals surface area (Å²) in [5, 5.41) is 1.18. The van der Waals surface area contributed by atoms with E-state index in [1.165, 1.54) is 5.39 Å². The van der Waals surface area contributed by atoms with Crippen LogP contribution in [0.5, 0.6) is 5.88 Å². The van der Waals surface area contributed by atoms with Crippen LogP contribution < -0.4 is 10.5 Å². The number of aromatic nitrogens is 2. The Labute approximate surface area is 111 Å². The summed E-state index contributed by atoms with van der Waals surface area (Å²) in [6.45, 7) is 0.712. The first-order chi connectivity index (χ1) is 9.28. The second-order valence-electron chi connectivity index (χ2n) is 4.43. The molecule has 3 rings (SSSR count). The number of ether oxygens (including phenoxy) is 1. The number of fused-ring (bicyclic) bond motifs is 1. The zero-order chi connectivity index (χ0) is 13.2. The lowest BCUT2D eigenvalue weighted by Gasteiger charge is -2.09. The van der Waals surface area contributed by atoms with Gasteiger partial charge in [0.1, 0.15) is 0 Å². The Kier molecular flexibility index (Phi) is 2.83. The van der Waals surface area contributed by atoms with Crippen molar-refractivity contribution in [3.63, 3.8) is 0 Å². The summed E-state index contributed by atoms with van der Waals surface area (Å²) < 4.78 is 7.42. The molecule has 0 fully saturated rings. The normalized spacial score (nSPS) is 10.8. The van der Waals surface area contributed by atoms with E-state index in [1.54, 1.807) is 13.3 Å². The van der Waals surface area contributed by atoms with Crippen molar-refractivity contribution in [1.82, 2.24) is 9.55 Å². The molecule has 2 aromatic heterocycles. The first-order valence-corrected chi connectivity index (χ1v) is 6.10. The van der Waals surface area contributed by atoms with Crippen molar-refractivity contribution < 1.29 is 4.74 Å². The van der Waals surface area contributed by atoms with Crippen LogP contribution in [0.15, 0.2) is 48.8 Å². The molecule has 0 aliphatic carbocycles. The van der Waals surface area contributed by atoms with Gasteiger partial charge in [0.15, 0.2) is 0 Å². The molecule has 2 heterocycles. The summed E-state index contributed by atoms with van der Waals surface area (Å²) in [5.41, 5.74) is 8.78. The zero-order valence-electron chi connectivity index (χ0n) is 10.7. The van der Waals surface area contributed by atoms with Gasteiger partial charge >= 0.3 is 0 Å². The quantitative estimate of drug-likeness (QED) is 0.730. The minimum Gasteiger partial charge on any atom is -0.481 e. The van der Waals surface area contributed by atoms with E-state index in [4.69, 9.17) is 10.5 Å². The average molecular weight is 253 g/mol. The second-order valence-corrected chi connectivity index (χ2v) is 4.43. The summed E-state index contributed by atoms with van der Waals surface area (Å²) in [4.78, 5) is 4.22. The molecule has 0 radical (unpaired) electrons. The highest BCUT2D eigenvalue weighted by atomic mass is 16.5. The van der Waals surface area contributed by atoms with Gasteiger partial charge < -0.3 is 15.0 Å². The molecule has 0 saturated carbocycles. The van der Waals surface area contributed by atoms with Crippen LogP contribution in [0.3, 0.4) is 0 Å². The molecule has 0 aliphatic heterocycles. The predicted octanol–water partition coefficient (Wildman–Crippen LogP) is 2.68. The fourth-order valence-electron chi connectivity index (χ4n) is 2.25. The lowest BCUT2D eigenvalue weighted by atomic mass is 10.2. The van der Waals surface area contributed by atoms with Crippen molar-refractivity contribution in [3.8, 4) is 5.88 Å². The fraction of sp³-hybridized carbons (Fsp3) is 0.133. The smallest absolute Gasteiger partial charge is 0.218 e. The van der Waals surface area contributed by atoms with Gasteiger partial charge in [-0.2, -0.15) is 0 Å². The van der Waals surface area contributed by atoms with Gasteiger partial charge in [-0.3, -0.25) is 0 Å². The molecule has 96 valence electrons. The molecular weight excluding hydrogens is 238 g/mol. The third kappa shape index (κ3) is 2.12. The van der Waals surface area contributed by atoms with E-state index in [9.17, 15) is 0 Å². The highest BCUT2D eigenvalue weighted by Crippen LogP contribution is 2.22. The molecule has 0 atom stereocenters. The number of anilines is 1. The van der Waals surface area contributed by atoms with Gasteiger partial charge in [0.25, 0.3) is 0 Å². The van der Waals surface area contributed by atoms with Crippen LogP contribution in [0.4, 0.5) is 5.69 Å². The Morgan fingerprint density at radius 3 is 3.00 bits per heavy atom. The Hall–Kier alpha value is -2.49. The molecule has 0 aliphatic rings. The summed E-state index contributed by atoms with van der Waals surface area (Å²) in [6.07, 6.45) is 3.78.